The third-order valence-electron chi connectivity index (χ3n) is 3.04. The zero-order chi connectivity index (χ0) is 14.5. The minimum absolute atomic E-state index is 0.371. The average Bonchev–Trinajstić information content (AvgIpc) is 2.88. The van der Waals surface area contributed by atoms with E-state index in [0.29, 0.717) is 5.92 Å². The van der Waals surface area contributed by atoms with Crippen LogP contribution in [0, 0.1) is 0 Å². The summed E-state index contributed by atoms with van der Waals surface area (Å²) in [7, 11) is 0. The zero-order valence-electron chi connectivity index (χ0n) is 12.3. The molecule has 0 atom stereocenters. The van der Waals surface area contributed by atoms with Crippen molar-refractivity contribution < 1.29 is 0 Å². The lowest BCUT2D eigenvalue weighted by Gasteiger charge is -2.20. The van der Waals surface area contributed by atoms with Gasteiger partial charge in [0.1, 0.15) is 5.82 Å². The van der Waals surface area contributed by atoms with Crippen LogP contribution in [0.25, 0.3) is 0 Å². The average molecular weight is 290 g/mol. The molecule has 2 rings (SSSR count). The van der Waals surface area contributed by atoms with E-state index in [2.05, 4.69) is 41.1 Å². The molecule has 0 unspecified atom stereocenters. The standard InChI is InChI=1S/C15H22N4S/c1-4-8-19(10-12-6-5-7-13(16)9-12)15-17-14(11(2)3)18-20-15/h5-7,9,11H,4,8,10,16H2,1-3H3. The smallest absolute Gasteiger partial charge is 0.205 e. The van der Waals surface area contributed by atoms with Crippen LogP contribution in [0.2, 0.25) is 0 Å². The molecule has 0 saturated heterocycles. The summed E-state index contributed by atoms with van der Waals surface area (Å²) in [6.07, 6.45) is 1.08. The molecule has 0 aliphatic heterocycles. The summed E-state index contributed by atoms with van der Waals surface area (Å²) in [6.45, 7) is 8.21. The molecular weight excluding hydrogens is 268 g/mol. The lowest BCUT2D eigenvalue weighted by molar-refractivity contribution is 0.749. The first kappa shape index (κ1) is 14.8. The fourth-order valence-electron chi connectivity index (χ4n) is 2.01. The molecule has 5 heteroatoms. The summed E-state index contributed by atoms with van der Waals surface area (Å²) in [4.78, 5) is 6.93. The summed E-state index contributed by atoms with van der Waals surface area (Å²) in [5.74, 6) is 1.30. The number of nitrogens with two attached hydrogens (primary N) is 1. The van der Waals surface area contributed by atoms with Crippen LogP contribution in [-0.4, -0.2) is 15.9 Å². The number of anilines is 2. The van der Waals surface area contributed by atoms with Crippen molar-refractivity contribution in [3.05, 3.63) is 35.7 Å². The van der Waals surface area contributed by atoms with Crippen molar-refractivity contribution in [2.24, 2.45) is 0 Å². The van der Waals surface area contributed by atoms with Gasteiger partial charge < -0.3 is 10.6 Å². The van der Waals surface area contributed by atoms with Gasteiger partial charge in [-0.15, -0.1) is 0 Å². The van der Waals surface area contributed by atoms with Crippen LogP contribution < -0.4 is 10.6 Å². The number of hydrogen-bond donors (Lipinski definition) is 1. The first-order chi connectivity index (χ1) is 9.60. The molecule has 1 heterocycles. The number of nitrogen functional groups attached to an aromatic ring is 1. The third kappa shape index (κ3) is 3.70. The van der Waals surface area contributed by atoms with Crippen LogP contribution in [0.5, 0.6) is 0 Å². The molecule has 0 aliphatic rings. The predicted octanol–water partition coefficient (Wildman–Crippen LogP) is 3.66. The lowest BCUT2D eigenvalue weighted by Crippen LogP contribution is -2.23. The largest absolute Gasteiger partial charge is 0.399 e. The maximum Gasteiger partial charge on any atom is 0.205 e. The summed E-state index contributed by atoms with van der Waals surface area (Å²) in [5.41, 5.74) is 7.86. The van der Waals surface area contributed by atoms with E-state index in [0.717, 1.165) is 36.2 Å². The summed E-state index contributed by atoms with van der Waals surface area (Å²) < 4.78 is 4.44. The Balaban J connectivity index is 2.17. The number of hydrogen-bond acceptors (Lipinski definition) is 5. The summed E-state index contributed by atoms with van der Waals surface area (Å²) >= 11 is 1.48. The molecule has 2 aromatic rings. The Labute approximate surface area is 124 Å². The molecule has 0 bridgehead atoms. The summed E-state index contributed by atoms with van der Waals surface area (Å²) in [5, 5.41) is 0.998. The Morgan fingerprint density at radius 3 is 2.75 bits per heavy atom. The quantitative estimate of drug-likeness (QED) is 0.825. The van der Waals surface area contributed by atoms with Crippen LogP contribution in [0.1, 0.15) is 44.5 Å². The Morgan fingerprint density at radius 2 is 2.15 bits per heavy atom. The van der Waals surface area contributed by atoms with E-state index in [1.54, 1.807) is 0 Å². The number of nitrogens with zero attached hydrogens (tertiary/aromatic N) is 3. The Kier molecular flexibility index (Phi) is 4.95. The molecule has 4 nitrogen and oxygen atoms in total. The highest BCUT2D eigenvalue weighted by Gasteiger charge is 2.14. The SMILES string of the molecule is CCCN(Cc1cccc(N)c1)c1nc(C(C)C)ns1. The maximum absolute atomic E-state index is 5.85. The van der Waals surface area contributed by atoms with Gasteiger partial charge in [0.2, 0.25) is 5.13 Å². The fraction of sp³-hybridized carbons (Fsp3) is 0.467. The van der Waals surface area contributed by atoms with E-state index in [1.807, 2.05) is 18.2 Å². The van der Waals surface area contributed by atoms with Crippen LogP contribution in [0.15, 0.2) is 24.3 Å². The Morgan fingerprint density at radius 1 is 1.35 bits per heavy atom. The van der Waals surface area contributed by atoms with E-state index >= 15 is 0 Å². The van der Waals surface area contributed by atoms with Gasteiger partial charge in [0.05, 0.1) is 0 Å². The molecule has 1 aromatic heterocycles. The molecule has 20 heavy (non-hydrogen) atoms. The van der Waals surface area contributed by atoms with Gasteiger partial charge in [-0.3, -0.25) is 0 Å². The van der Waals surface area contributed by atoms with Crippen molar-refractivity contribution in [3.8, 4) is 0 Å². The van der Waals surface area contributed by atoms with Gasteiger partial charge in [-0.2, -0.15) is 4.37 Å². The topological polar surface area (TPSA) is 55.0 Å². The molecule has 0 radical (unpaired) electrons. The third-order valence-corrected chi connectivity index (χ3v) is 3.83. The van der Waals surface area contributed by atoms with E-state index < -0.39 is 0 Å². The van der Waals surface area contributed by atoms with Crippen molar-refractivity contribution in [2.75, 3.05) is 17.2 Å². The monoisotopic (exact) mass is 290 g/mol. The van der Waals surface area contributed by atoms with Gasteiger partial charge in [-0.1, -0.05) is 32.9 Å². The highest BCUT2D eigenvalue weighted by atomic mass is 32.1. The zero-order valence-corrected chi connectivity index (χ0v) is 13.2. The van der Waals surface area contributed by atoms with Gasteiger partial charge in [-0.05, 0) is 24.1 Å². The van der Waals surface area contributed by atoms with Crippen molar-refractivity contribution in [1.29, 1.82) is 0 Å². The first-order valence-electron chi connectivity index (χ1n) is 7.03. The van der Waals surface area contributed by atoms with Gasteiger partial charge in [0.25, 0.3) is 0 Å². The van der Waals surface area contributed by atoms with Crippen molar-refractivity contribution in [3.63, 3.8) is 0 Å². The van der Waals surface area contributed by atoms with Crippen molar-refractivity contribution >= 4 is 22.4 Å². The lowest BCUT2D eigenvalue weighted by atomic mass is 10.2. The van der Waals surface area contributed by atoms with Crippen LogP contribution in [0.4, 0.5) is 10.8 Å². The number of benzene rings is 1. The molecule has 0 saturated carbocycles. The van der Waals surface area contributed by atoms with Gasteiger partial charge in [0.15, 0.2) is 0 Å². The van der Waals surface area contributed by atoms with Gasteiger partial charge in [0, 0.05) is 36.2 Å². The second-order valence-corrected chi connectivity index (χ2v) is 5.99. The van der Waals surface area contributed by atoms with E-state index in [9.17, 15) is 0 Å². The highest BCUT2D eigenvalue weighted by molar-refractivity contribution is 7.09. The highest BCUT2D eigenvalue weighted by Crippen LogP contribution is 2.23. The summed E-state index contributed by atoms with van der Waals surface area (Å²) in [6, 6.07) is 8.03. The number of rotatable bonds is 6. The van der Waals surface area contributed by atoms with Gasteiger partial charge >= 0.3 is 0 Å². The minimum atomic E-state index is 0.371. The molecule has 0 aliphatic carbocycles. The molecule has 0 amide bonds. The van der Waals surface area contributed by atoms with Crippen molar-refractivity contribution in [2.45, 2.75) is 39.7 Å². The molecular formula is C15H22N4S. The molecule has 2 N–H and O–H groups in total. The van der Waals surface area contributed by atoms with Gasteiger partial charge in [-0.25, -0.2) is 4.98 Å². The molecule has 0 fully saturated rings. The Bertz CT molecular complexity index is 550. The first-order valence-corrected chi connectivity index (χ1v) is 7.80. The van der Waals surface area contributed by atoms with E-state index in [1.165, 1.54) is 17.1 Å². The predicted molar refractivity (Wildman–Crippen MR) is 86.2 cm³/mol. The molecule has 108 valence electrons. The maximum atomic E-state index is 5.85. The number of aromatic nitrogens is 2. The van der Waals surface area contributed by atoms with E-state index in [-0.39, 0.29) is 0 Å². The molecule has 1 aromatic carbocycles. The van der Waals surface area contributed by atoms with Crippen LogP contribution in [-0.2, 0) is 6.54 Å². The second-order valence-electron chi connectivity index (χ2n) is 5.26. The van der Waals surface area contributed by atoms with Crippen LogP contribution in [0.3, 0.4) is 0 Å². The second kappa shape index (κ2) is 6.70. The Hall–Kier alpha value is -1.62. The van der Waals surface area contributed by atoms with Crippen molar-refractivity contribution in [1.82, 2.24) is 9.36 Å². The fourth-order valence-corrected chi connectivity index (χ4v) is 2.85. The normalized spacial score (nSPS) is 11.0. The van der Waals surface area contributed by atoms with E-state index in [4.69, 9.17) is 5.73 Å². The molecule has 0 spiro atoms. The van der Waals surface area contributed by atoms with Crippen LogP contribution >= 0.6 is 11.5 Å². The minimum Gasteiger partial charge on any atom is -0.399 e.